The lowest BCUT2D eigenvalue weighted by Gasteiger charge is -2.23. The molecular weight excluding hydrogens is 396 g/mol. The summed E-state index contributed by atoms with van der Waals surface area (Å²) in [7, 11) is -2.44. The molecule has 1 saturated carbocycles. The van der Waals surface area contributed by atoms with Crippen molar-refractivity contribution in [1.29, 1.82) is 0 Å². The second-order valence-electron chi connectivity index (χ2n) is 7.35. The van der Waals surface area contributed by atoms with Crippen LogP contribution in [0.3, 0.4) is 0 Å². The number of carbonyl (C=O) groups is 2. The van der Waals surface area contributed by atoms with Crippen molar-refractivity contribution in [3.05, 3.63) is 24.3 Å². The van der Waals surface area contributed by atoms with Gasteiger partial charge in [-0.25, -0.2) is 8.42 Å². The van der Waals surface area contributed by atoms with Crippen LogP contribution in [0.5, 0.6) is 5.75 Å². The van der Waals surface area contributed by atoms with Crippen LogP contribution in [-0.4, -0.2) is 46.1 Å². The summed E-state index contributed by atoms with van der Waals surface area (Å²) in [5.74, 6) is -0.216. The predicted octanol–water partition coefficient (Wildman–Crippen LogP) is 1.99. The van der Waals surface area contributed by atoms with Gasteiger partial charge in [0.05, 0.1) is 12.0 Å². The monoisotopic (exact) mass is 426 g/mol. The summed E-state index contributed by atoms with van der Waals surface area (Å²) >= 11 is 0. The maximum absolute atomic E-state index is 12.4. The van der Waals surface area contributed by atoms with Gasteiger partial charge in [0.2, 0.25) is 10.0 Å². The molecule has 1 unspecified atom stereocenters. The number of hydrogen-bond acceptors (Lipinski definition) is 6. The molecule has 1 aromatic rings. The molecule has 0 heterocycles. The average Bonchev–Trinajstić information content (AvgIpc) is 2.72. The predicted molar refractivity (Wildman–Crippen MR) is 108 cm³/mol. The zero-order valence-electron chi connectivity index (χ0n) is 17.1. The van der Waals surface area contributed by atoms with Crippen LogP contribution in [-0.2, 0) is 24.3 Å². The minimum Gasteiger partial charge on any atom is -0.497 e. The molecule has 1 aliphatic rings. The Bertz CT molecular complexity index is 788. The lowest BCUT2D eigenvalue weighted by Crippen LogP contribution is -2.44. The van der Waals surface area contributed by atoms with Gasteiger partial charge in [0.15, 0.2) is 6.10 Å². The first-order valence-electron chi connectivity index (χ1n) is 9.87. The number of ether oxygens (including phenoxy) is 2. The Morgan fingerprint density at radius 3 is 2.31 bits per heavy atom. The number of amides is 1. The largest absolute Gasteiger partial charge is 0.497 e. The number of carbonyl (C=O) groups excluding carboxylic acids is 2. The third-order valence-corrected chi connectivity index (χ3v) is 6.56. The van der Waals surface area contributed by atoms with Crippen LogP contribution in [0.4, 0.5) is 0 Å². The molecule has 0 spiro atoms. The second-order valence-corrected chi connectivity index (χ2v) is 9.06. The van der Waals surface area contributed by atoms with E-state index < -0.39 is 28.1 Å². The molecule has 2 N–H and O–H groups in total. The van der Waals surface area contributed by atoms with Crippen LogP contribution < -0.4 is 14.8 Å². The third kappa shape index (κ3) is 7.01. The van der Waals surface area contributed by atoms with E-state index in [2.05, 4.69) is 10.0 Å². The minimum absolute atomic E-state index is 0.00350. The van der Waals surface area contributed by atoms with E-state index in [9.17, 15) is 18.0 Å². The van der Waals surface area contributed by atoms with Gasteiger partial charge in [0, 0.05) is 6.54 Å². The Morgan fingerprint density at radius 2 is 1.72 bits per heavy atom. The van der Waals surface area contributed by atoms with Gasteiger partial charge in [-0.1, -0.05) is 19.3 Å². The Balaban J connectivity index is 1.83. The summed E-state index contributed by atoms with van der Waals surface area (Å²) in [6, 6.07) is 4.63. The Morgan fingerprint density at radius 1 is 1.10 bits per heavy atom. The highest BCUT2D eigenvalue weighted by molar-refractivity contribution is 7.89. The summed E-state index contributed by atoms with van der Waals surface area (Å²) in [5, 5.41) is 2.81. The number of nitrogens with one attached hydrogen (secondary N) is 2. The van der Waals surface area contributed by atoms with Crippen molar-refractivity contribution >= 4 is 21.9 Å². The van der Waals surface area contributed by atoms with Crippen molar-refractivity contribution in [3.63, 3.8) is 0 Å². The first-order valence-corrected chi connectivity index (χ1v) is 11.4. The fraction of sp³-hybridized carbons (Fsp3) is 0.600. The maximum Gasteiger partial charge on any atom is 0.324 e. The molecule has 1 aliphatic carbocycles. The van der Waals surface area contributed by atoms with Gasteiger partial charge < -0.3 is 14.8 Å². The van der Waals surface area contributed by atoms with Gasteiger partial charge in [-0.05, 0) is 56.9 Å². The van der Waals surface area contributed by atoms with Crippen molar-refractivity contribution < 1.29 is 27.5 Å². The maximum atomic E-state index is 12.4. The number of rotatable bonds is 9. The Kier molecular flexibility index (Phi) is 8.45. The first-order chi connectivity index (χ1) is 13.7. The molecule has 9 heteroatoms. The van der Waals surface area contributed by atoms with Gasteiger partial charge >= 0.3 is 5.97 Å². The van der Waals surface area contributed by atoms with E-state index in [1.165, 1.54) is 64.5 Å². The summed E-state index contributed by atoms with van der Waals surface area (Å²) < 4.78 is 37.2. The quantitative estimate of drug-likeness (QED) is 0.584. The summed E-state index contributed by atoms with van der Waals surface area (Å²) in [5.41, 5.74) is 0. The second kappa shape index (κ2) is 10.6. The van der Waals surface area contributed by atoms with Crippen LogP contribution >= 0.6 is 0 Å². The van der Waals surface area contributed by atoms with Crippen molar-refractivity contribution in [2.45, 2.75) is 63.0 Å². The van der Waals surface area contributed by atoms with E-state index in [-0.39, 0.29) is 10.8 Å². The van der Waals surface area contributed by atoms with E-state index in [0.29, 0.717) is 18.2 Å². The Labute approximate surface area is 172 Å². The van der Waals surface area contributed by atoms with Crippen LogP contribution in [0.25, 0.3) is 0 Å². The summed E-state index contributed by atoms with van der Waals surface area (Å²) in [6.45, 7) is 3.41. The molecule has 8 nitrogen and oxygen atoms in total. The van der Waals surface area contributed by atoms with Crippen LogP contribution in [0, 0.1) is 5.92 Å². The zero-order valence-corrected chi connectivity index (χ0v) is 18.0. The van der Waals surface area contributed by atoms with Crippen LogP contribution in [0.15, 0.2) is 29.2 Å². The number of methoxy groups -OCH3 is 1. The number of sulfonamides is 1. The van der Waals surface area contributed by atoms with Crippen LogP contribution in [0.2, 0.25) is 0 Å². The SMILES string of the molecule is COc1ccc(S(=O)(=O)N[C@@H](C)C(=O)OC(C)C(=O)NCC2CCCCC2)cc1. The van der Waals surface area contributed by atoms with Gasteiger partial charge in [0.1, 0.15) is 11.8 Å². The zero-order chi connectivity index (χ0) is 21.4. The topological polar surface area (TPSA) is 111 Å². The van der Waals surface area contributed by atoms with E-state index >= 15 is 0 Å². The van der Waals surface area contributed by atoms with Crippen molar-refractivity contribution in [2.75, 3.05) is 13.7 Å². The van der Waals surface area contributed by atoms with E-state index in [4.69, 9.17) is 9.47 Å². The molecule has 0 saturated heterocycles. The molecule has 0 aliphatic heterocycles. The molecule has 2 atom stereocenters. The standard InChI is InChI=1S/C20H30N2O6S/c1-14(22-29(25,26)18-11-9-17(27-3)10-12-18)20(24)28-15(2)19(23)21-13-16-7-5-4-6-8-16/h9-12,14-16,22H,4-8,13H2,1-3H3,(H,21,23)/t14-,15?/m0/s1. The number of benzene rings is 1. The first kappa shape index (κ1) is 23.2. The molecular formula is C20H30N2O6S. The highest BCUT2D eigenvalue weighted by atomic mass is 32.2. The highest BCUT2D eigenvalue weighted by Gasteiger charge is 2.26. The fourth-order valence-corrected chi connectivity index (χ4v) is 4.41. The third-order valence-electron chi connectivity index (χ3n) is 5.01. The summed E-state index contributed by atoms with van der Waals surface area (Å²) in [4.78, 5) is 24.4. The van der Waals surface area contributed by atoms with Crippen molar-refractivity contribution in [3.8, 4) is 5.75 Å². The molecule has 0 radical (unpaired) electrons. The number of esters is 1. The van der Waals surface area contributed by atoms with E-state index in [0.717, 1.165) is 12.8 Å². The van der Waals surface area contributed by atoms with Gasteiger partial charge in [0.25, 0.3) is 5.91 Å². The molecule has 0 bridgehead atoms. The van der Waals surface area contributed by atoms with Gasteiger partial charge in [-0.2, -0.15) is 4.72 Å². The Hall–Kier alpha value is -2.13. The molecule has 0 aromatic heterocycles. The molecule has 1 amide bonds. The van der Waals surface area contributed by atoms with Gasteiger partial charge in [-0.15, -0.1) is 0 Å². The van der Waals surface area contributed by atoms with E-state index in [1.54, 1.807) is 0 Å². The fourth-order valence-electron chi connectivity index (χ4n) is 3.21. The molecule has 1 fully saturated rings. The molecule has 29 heavy (non-hydrogen) atoms. The van der Waals surface area contributed by atoms with Gasteiger partial charge in [-0.3, -0.25) is 9.59 Å². The average molecular weight is 427 g/mol. The summed E-state index contributed by atoms with van der Waals surface area (Å²) in [6.07, 6.45) is 4.78. The normalized spacial score (nSPS) is 17.2. The highest BCUT2D eigenvalue weighted by Crippen LogP contribution is 2.22. The minimum atomic E-state index is -3.92. The molecule has 162 valence electrons. The lowest BCUT2D eigenvalue weighted by molar-refractivity contribution is -0.156. The smallest absolute Gasteiger partial charge is 0.324 e. The van der Waals surface area contributed by atoms with Crippen molar-refractivity contribution in [1.82, 2.24) is 10.0 Å². The molecule has 1 aromatic carbocycles. The lowest BCUT2D eigenvalue weighted by atomic mass is 9.89. The molecule has 2 rings (SSSR count). The number of hydrogen-bond donors (Lipinski definition) is 2. The van der Waals surface area contributed by atoms with Crippen molar-refractivity contribution in [2.24, 2.45) is 5.92 Å². The van der Waals surface area contributed by atoms with E-state index in [1.807, 2.05) is 0 Å². The van der Waals surface area contributed by atoms with Crippen LogP contribution in [0.1, 0.15) is 46.0 Å².